The van der Waals surface area contributed by atoms with E-state index in [0.29, 0.717) is 19.0 Å². The Balaban J connectivity index is 1.79. The van der Waals surface area contributed by atoms with Crippen molar-refractivity contribution in [2.45, 2.75) is 31.8 Å². The predicted octanol–water partition coefficient (Wildman–Crippen LogP) is 0.484. The van der Waals surface area contributed by atoms with Gasteiger partial charge in [-0.05, 0) is 26.0 Å². The summed E-state index contributed by atoms with van der Waals surface area (Å²) in [5.74, 6) is 0.237. The van der Waals surface area contributed by atoms with Crippen molar-refractivity contribution in [2.24, 2.45) is 0 Å². The number of likely N-dealkylation sites (tertiary alicyclic amines) is 1. The van der Waals surface area contributed by atoms with E-state index in [1.54, 1.807) is 10.9 Å². The van der Waals surface area contributed by atoms with Crippen molar-refractivity contribution >= 4 is 5.91 Å². The molecule has 1 atom stereocenters. The molecule has 1 amide bonds. The van der Waals surface area contributed by atoms with Crippen LogP contribution >= 0.6 is 0 Å². The molecule has 1 saturated heterocycles. The summed E-state index contributed by atoms with van der Waals surface area (Å²) in [6.45, 7) is 2.41. The molecule has 1 fully saturated rings. The minimum absolute atomic E-state index is 0.237. The average Bonchev–Trinajstić information content (AvgIpc) is 2.89. The summed E-state index contributed by atoms with van der Waals surface area (Å²) in [4.78, 5) is 14.0. The van der Waals surface area contributed by atoms with Gasteiger partial charge in [-0.2, -0.15) is 5.10 Å². The molecule has 0 radical (unpaired) electrons. The number of nitrogens with zero attached hydrogens (tertiary/aromatic N) is 3. The minimum atomic E-state index is 0.237. The van der Waals surface area contributed by atoms with Crippen LogP contribution in [0, 0.1) is 0 Å². The highest BCUT2D eigenvalue weighted by atomic mass is 16.2. The summed E-state index contributed by atoms with van der Waals surface area (Å²) in [7, 11) is 1.96. The first-order chi connectivity index (χ1) is 8.29. The molecule has 2 heterocycles. The highest BCUT2D eigenvalue weighted by Crippen LogP contribution is 2.11. The maximum absolute atomic E-state index is 12.0. The molecule has 1 aromatic rings. The van der Waals surface area contributed by atoms with Gasteiger partial charge in [-0.15, -0.1) is 0 Å². The second kappa shape index (κ2) is 5.82. The Labute approximate surface area is 102 Å². The van der Waals surface area contributed by atoms with Crippen molar-refractivity contribution in [3.05, 3.63) is 18.5 Å². The van der Waals surface area contributed by atoms with Crippen LogP contribution in [0.4, 0.5) is 0 Å². The summed E-state index contributed by atoms with van der Waals surface area (Å²) in [6.07, 6.45) is 6.43. The molecule has 0 saturated carbocycles. The Morgan fingerprint density at radius 3 is 3.18 bits per heavy atom. The van der Waals surface area contributed by atoms with E-state index in [1.807, 2.05) is 24.2 Å². The second-order valence-corrected chi connectivity index (χ2v) is 4.49. The third kappa shape index (κ3) is 3.30. The van der Waals surface area contributed by atoms with Crippen molar-refractivity contribution < 1.29 is 4.79 Å². The molecule has 1 aromatic heterocycles. The first-order valence-electron chi connectivity index (χ1n) is 6.22. The predicted molar refractivity (Wildman–Crippen MR) is 65.5 cm³/mol. The molecule has 5 nitrogen and oxygen atoms in total. The van der Waals surface area contributed by atoms with E-state index < -0.39 is 0 Å². The molecule has 2 rings (SSSR count). The van der Waals surface area contributed by atoms with Gasteiger partial charge in [0.25, 0.3) is 0 Å². The largest absolute Gasteiger partial charge is 0.341 e. The average molecular weight is 236 g/mol. The van der Waals surface area contributed by atoms with Crippen LogP contribution in [0.3, 0.4) is 0 Å². The fourth-order valence-electron chi connectivity index (χ4n) is 2.24. The summed E-state index contributed by atoms with van der Waals surface area (Å²) < 4.78 is 1.80. The van der Waals surface area contributed by atoms with Gasteiger partial charge >= 0.3 is 0 Å². The summed E-state index contributed by atoms with van der Waals surface area (Å²) in [6, 6.07) is 2.33. The van der Waals surface area contributed by atoms with Gasteiger partial charge in [0, 0.05) is 44.5 Å². The minimum Gasteiger partial charge on any atom is -0.341 e. The number of hydrogen-bond donors (Lipinski definition) is 1. The van der Waals surface area contributed by atoms with E-state index in [2.05, 4.69) is 10.4 Å². The molecule has 1 N–H and O–H groups in total. The Bertz CT molecular complexity index is 349. The van der Waals surface area contributed by atoms with E-state index in [-0.39, 0.29) is 5.91 Å². The second-order valence-electron chi connectivity index (χ2n) is 4.49. The molecule has 1 aliphatic rings. The van der Waals surface area contributed by atoms with Gasteiger partial charge in [0.1, 0.15) is 0 Å². The lowest BCUT2D eigenvalue weighted by Crippen LogP contribution is -2.47. The smallest absolute Gasteiger partial charge is 0.224 e. The van der Waals surface area contributed by atoms with E-state index in [0.717, 1.165) is 19.5 Å². The van der Waals surface area contributed by atoms with Crippen molar-refractivity contribution in [3.63, 3.8) is 0 Å². The quantitative estimate of drug-likeness (QED) is 0.827. The lowest BCUT2D eigenvalue weighted by Gasteiger charge is -2.32. The van der Waals surface area contributed by atoms with Crippen LogP contribution in [0.25, 0.3) is 0 Å². The number of piperidine rings is 1. The van der Waals surface area contributed by atoms with Crippen LogP contribution in [0.15, 0.2) is 18.5 Å². The zero-order chi connectivity index (χ0) is 12.1. The lowest BCUT2D eigenvalue weighted by atomic mass is 10.1. The van der Waals surface area contributed by atoms with Crippen LogP contribution in [0.1, 0.15) is 19.3 Å². The third-order valence-corrected chi connectivity index (χ3v) is 3.30. The Morgan fingerprint density at radius 2 is 2.47 bits per heavy atom. The van der Waals surface area contributed by atoms with Gasteiger partial charge in [0.2, 0.25) is 5.91 Å². The first kappa shape index (κ1) is 12.1. The van der Waals surface area contributed by atoms with Crippen LogP contribution in [0.5, 0.6) is 0 Å². The Kier molecular flexibility index (Phi) is 4.14. The van der Waals surface area contributed by atoms with Crippen LogP contribution in [-0.2, 0) is 11.3 Å². The van der Waals surface area contributed by atoms with Crippen LogP contribution in [0.2, 0.25) is 0 Å². The summed E-state index contributed by atoms with van der Waals surface area (Å²) in [5.41, 5.74) is 0. The van der Waals surface area contributed by atoms with Crippen molar-refractivity contribution in [2.75, 3.05) is 20.1 Å². The SMILES string of the molecule is CN[C@H]1CCCN(C(=O)CCn2cccn2)C1. The third-order valence-electron chi connectivity index (χ3n) is 3.30. The molecule has 17 heavy (non-hydrogen) atoms. The highest BCUT2D eigenvalue weighted by molar-refractivity contribution is 5.76. The highest BCUT2D eigenvalue weighted by Gasteiger charge is 2.21. The number of carbonyl (C=O) groups excluding carboxylic acids is 1. The van der Waals surface area contributed by atoms with Crippen molar-refractivity contribution in [1.29, 1.82) is 0 Å². The monoisotopic (exact) mass is 236 g/mol. The molecule has 0 aliphatic carbocycles. The summed E-state index contributed by atoms with van der Waals surface area (Å²) >= 11 is 0. The van der Waals surface area contributed by atoms with Crippen LogP contribution < -0.4 is 5.32 Å². The Morgan fingerprint density at radius 1 is 1.59 bits per heavy atom. The zero-order valence-electron chi connectivity index (χ0n) is 10.3. The Hall–Kier alpha value is -1.36. The number of hydrogen-bond acceptors (Lipinski definition) is 3. The molecular formula is C12H20N4O. The maximum Gasteiger partial charge on any atom is 0.224 e. The number of rotatable bonds is 4. The number of nitrogens with one attached hydrogen (secondary N) is 1. The topological polar surface area (TPSA) is 50.2 Å². The number of likely N-dealkylation sites (N-methyl/N-ethyl adjacent to an activating group) is 1. The van der Waals surface area contributed by atoms with E-state index in [4.69, 9.17) is 0 Å². The van der Waals surface area contributed by atoms with Gasteiger partial charge in [-0.25, -0.2) is 0 Å². The van der Waals surface area contributed by atoms with Gasteiger partial charge < -0.3 is 10.2 Å². The molecule has 1 aliphatic heterocycles. The zero-order valence-corrected chi connectivity index (χ0v) is 10.3. The first-order valence-corrected chi connectivity index (χ1v) is 6.22. The standard InChI is InChI=1S/C12H20N4O/c1-13-11-4-2-7-15(10-11)12(17)5-9-16-8-3-6-14-16/h3,6,8,11,13H,2,4-5,7,9-10H2,1H3/t11-/m0/s1. The molecule has 0 bridgehead atoms. The molecule has 0 unspecified atom stereocenters. The fourth-order valence-corrected chi connectivity index (χ4v) is 2.24. The summed E-state index contributed by atoms with van der Waals surface area (Å²) in [5, 5.41) is 7.35. The molecule has 0 aromatic carbocycles. The van der Waals surface area contributed by atoms with Gasteiger partial charge in [-0.1, -0.05) is 0 Å². The molecule has 5 heteroatoms. The lowest BCUT2D eigenvalue weighted by molar-refractivity contribution is -0.132. The van der Waals surface area contributed by atoms with Crippen molar-refractivity contribution in [3.8, 4) is 0 Å². The molecule has 94 valence electrons. The molecular weight excluding hydrogens is 216 g/mol. The fraction of sp³-hybridized carbons (Fsp3) is 0.667. The van der Waals surface area contributed by atoms with Gasteiger partial charge in [-0.3, -0.25) is 9.48 Å². The normalized spacial score (nSPS) is 20.5. The van der Waals surface area contributed by atoms with E-state index in [1.165, 1.54) is 6.42 Å². The molecule has 0 spiro atoms. The van der Waals surface area contributed by atoms with E-state index >= 15 is 0 Å². The van der Waals surface area contributed by atoms with E-state index in [9.17, 15) is 4.79 Å². The number of carbonyl (C=O) groups is 1. The van der Waals surface area contributed by atoms with Gasteiger partial charge in [0.05, 0.1) is 0 Å². The van der Waals surface area contributed by atoms with Crippen LogP contribution in [-0.4, -0.2) is 46.8 Å². The van der Waals surface area contributed by atoms with Crippen molar-refractivity contribution in [1.82, 2.24) is 20.0 Å². The van der Waals surface area contributed by atoms with Gasteiger partial charge in [0.15, 0.2) is 0 Å². The number of aromatic nitrogens is 2. The number of amides is 1. The maximum atomic E-state index is 12.0. The number of aryl methyl sites for hydroxylation is 1.